The molecule has 10 heteroatoms. The van der Waals surface area contributed by atoms with E-state index in [0.717, 1.165) is 37.0 Å². The lowest BCUT2D eigenvalue weighted by Crippen LogP contribution is -2.48. The molecule has 5 heterocycles. The Labute approximate surface area is 200 Å². The van der Waals surface area contributed by atoms with E-state index in [9.17, 15) is 19.1 Å². The first kappa shape index (κ1) is 22.1. The van der Waals surface area contributed by atoms with Gasteiger partial charge in [-0.15, -0.1) is 0 Å². The molecular formula is C25H26FN5O4. The molecule has 3 aliphatic heterocycles. The van der Waals surface area contributed by atoms with Crippen LogP contribution in [0.3, 0.4) is 0 Å². The van der Waals surface area contributed by atoms with Crippen molar-refractivity contribution in [2.45, 2.75) is 37.6 Å². The topological polar surface area (TPSA) is 109 Å². The summed E-state index contributed by atoms with van der Waals surface area (Å²) in [5, 5.41) is 18.5. The maximum atomic E-state index is 14.8. The standard InChI is InChI=1S/C25H26FN5O4/c26-18-4-1-15-2-6-21(33)31-14-25(34,22(18)23(15)31)13-30-9-7-16(8-10-30)27-11-17-3-5-19-24(28-17)29-20(32)12-35-19/h1-6,16,27,34H,7-14H2,(H,28,29,32). The molecule has 0 saturated carbocycles. The third-order valence-corrected chi connectivity index (χ3v) is 7.16. The van der Waals surface area contributed by atoms with Crippen LogP contribution in [0.15, 0.2) is 41.2 Å². The zero-order chi connectivity index (χ0) is 24.2. The Balaban J connectivity index is 1.09. The second-order valence-electron chi connectivity index (χ2n) is 9.57. The van der Waals surface area contributed by atoms with Crippen LogP contribution in [-0.4, -0.2) is 57.7 Å². The Morgan fingerprint density at radius 1 is 1.17 bits per heavy atom. The number of β-amino-alcohol motifs (C(OH)–C–C–N with tert-alkyl or cyclic N) is 1. The highest BCUT2D eigenvalue weighted by atomic mass is 19.1. The maximum absolute atomic E-state index is 14.8. The first-order valence-corrected chi connectivity index (χ1v) is 11.8. The number of ether oxygens (including phenoxy) is 1. The quantitative estimate of drug-likeness (QED) is 0.507. The molecule has 0 aliphatic carbocycles. The van der Waals surface area contributed by atoms with Crippen LogP contribution in [-0.2, 0) is 23.5 Å². The van der Waals surface area contributed by atoms with Crippen molar-refractivity contribution in [2.24, 2.45) is 0 Å². The molecule has 35 heavy (non-hydrogen) atoms. The fourth-order valence-electron chi connectivity index (χ4n) is 5.46. The van der Waals surface area contributed by atoms with E-state index >= 15 is 0 Å². The molecule has 0 spiro atoms. The molecule has 3 N–H and O–H groups in total. The summed E-state index contributed by atoms with van der Waals surface area (Å²) in [5.41, 5.74) is -0.149. The number of nitrogens with one attached hydrogen (secondary N) is 2. The predicted octanol–water partition coefficient (Wildman–Crippen LogP) is 1.32. The van der Waals surface area contributed by atoms with Crippen molar-refractivity contribution in [1.29, 1.82) is 0 Å². The van der Waals surface area contributed by atoms with Gasteiger partial charge in [0, 0.05) is 30.8 Å². The van der Waals surface area contributed by atoms with Gasteiger partial charge in [0.25, 0.3) is 11.5 Å². The first-order valence-electron chi connectivity index (χ1n) is 11.8. The number of carbonyl (C=O) groups excluding carboxylic acids is 1. The van der Waals surface area contributed by atoms with Gasteiger partial charge in [0.2, 0.25) is 0 Å². The molecule has 9 nitrogen and oxygen atoms in total. The highest BCUT2D eigenvalue weighted by Crippen LogP contribution is 2.38. The average Bonchev–Trinajstić information content (AvgIpc) is 3.17. The van der Waals surface area contributed by atoms with Crippen LogP contribution < -0.4 is 20.9 Å². The molecule has 1 fully saturated rings. The van der Waals surface area contributed by atoms with E-state index in [1.807, 2.05) is 12.1 Å². The number of benzene rings is 1. The van der Waals surface area contributed by atoms with Crippen molar-refractivity contribution in [3.8, 4) is 5.75 Å². The highest BCUT2D eigenvalue weighted by molar-refractivity contribution is 5.94. The Hall–Kier alpha value is -3.34. The fourth-order valence-corrected chi connectivity index (χ4v) is 5.46. The van der Waals surface area contributed by atoms with Crippen LogP contribution >= 0.6 is 0 Å². The van der Waals surface area contributed by atoms with Crippen molar-refractivity contribution in [2.75, 3.05) is 31.6 Å². The number of carbonyl (C=O) groups is 1. The summed E-state index contributed by atoms with van der Waals surface area (Å²) < 4.78 is 21.7. The molecule has 6 rings (SSSR count). The fraction of sp³-hybridized carbons (Fsp3) is 0.400. The normalized spacial score (nSPS) is 22.2. The van der Waals surface area contributed by atoms with Crippen LogP contribution in [0, 0.1) is 5.82 Å². The van der Waals surface area contributed by atoms with E-state index in [4.69, 9.17) is 4.74 Å². The van der Waals surface area contributed by atoms with Crippen molar-refractivity contribution in [1.82, 2.24) is 19.8 Å². The number of likely N-dealkylation sites (tertiary alicyclic amines) is 1. The summed E-state index contributed by atoms with van der Waals surface area (Å²) in [6, 6.07) is 10.1. The SMILES string of the molecule is O=C1COc2ccc(CNC3CCN(CC4(O)Cn5c(=O)ccc6ccc(F)c4c65)CC3)nc2N1. The zero-order valence-corrected chi connectivity index (χ0v) is 19.1. The van der Waals surface area contributed by atoms with Gasteiger partial charge in [0.05, 0.1) is 17.8 Å². The van der Waals surface area contributed by atoms with Gasteiger partial charge >= 0.3 is 0 Å². The predicted molar refractivity (Wildman–Crippen MR) is 127 cm³/mol. The van der Waals surface area contributed by atoms with E-state index in [2.05, 4.69) is 20.5 Å². The number of halogens is 1. The Bertz CT molecular complexity index is 1380. The number of aromatic nitrogens is 2. The zero-order valence-electron chi connectivity index (χ0n) is 19.1. The summed E-state index contributed by atoms with van der Waals surface area (Å²) in [7, 11) is 0. The first-order chi connectivity index (χ1) is 16.9. The molecule has 1 atom stereocenters. The van der Waals surface area contributed by atoms with Crippen molar-refractivity contribution >= 4 is 22.6 Å². The molecule has 0 bridgehead atoms. The molecule has 1 unspecified atom stereocenters. The Kier molecular flexibility index (Phi) is 5.32. The van der Waals surface area contributed by atoms with Crippen molar-refractivity contribution < 1.29 is 19.0 Å². The van der Waals surface area contributed by atoms with Gasteiger partial charge in [0.15, 0.2) is 18.2 Å². The van der Waals surface area contributed by atoms with Crippen LogP contribution in [0.1, 0.15) is 24.1 Å². The van der Waals surface area contributed by atoms with Crippen LogP contribution in [0.4, 0.5) is 10.2 Å². The minimum Gasteiger partial charge on any atom is -0.480 e. The number of hydrogen-bond acceptors (Lipinski definition) is 7. The summed E-state index contributed by atoms with van der Waals surface area (Å²) in [6.07, 6.45) is 1.72. The average molecular weight is 480 g/mol. The van der Waals surface area contributed by atoms with Crippen molar-refractivity contribution in [3.63, 3.8) is 0 Å². The van der Waals surface area contributed by atoms with Gasteiger partial charge in [-0.2, -0.15) is 0 Å². The number of anilines is 1. The number of aliphatic hydroxyl groups is 1. The highest BCUT2D eigenvalue weighted by Gasteiger charge is 2.42. The Morgan fingerprint density at radius 3 is 2.80 bits per heavy atom. The monoisotopic (exact) mass is 479 g/mol. The number of hydrogen-bond donors (Lipinski definition) is 3. The number of amides is 1. The van der Waals surface area contributed by atoms with E-state index in [-0.39, 0.29) is 42.8 Å². The third-order valence-electron chi connectivity index (χ3n) is 7.16. The second-order valence-corrected chi connectivity index (χ2v) is 9.57. The third kappa shape index (κ3) is 3.97. The smallest absolute Gasteiger partial charge is 0.263 e. The second kappa shape index (κ2) is 8.40. The van der Waals surface area contributed by atoms with Gasteiger partial charge in [-0.05, 0) is 61.6 Å². The van der Waals surface area contributed by atoms with Crippen LogP contribution in [0.25, 0.3) is 10.9 Å². The maximum Gasteiger partial charge on any atom is 0.263 e. The van der Waals surface area contributed by atoms with Crippen LogP contribution in [0.5, 0.6) is 5.75 Å². The molecule has 2 aromatic heterocycles. The number of piperidine rings is 1. The summed E-state index contributed by atoms with van der Waals surface area (Å²) >= 11 is 0. The summed E-state index contributed by atoms with van der Waals surface area (Å²) in [4.78, 5) is 30.5. The Morgan fingerprint density at radius 2 is 1.97 bits per heavy atom. The van der Waals surface area contributed by atoms with Crippen LogP contribution in [0.2, 0.25) is 0 Å². The van der Waals surface area contributed by atoms with Gasteiger partial charge in [-0.25, -0.2) is 9.37 Å². The van der Waals surface area contributed by atoms with E-state index in [1.165, 1.54) is 16.7 Å². The van der Waals surface area contributed by atoms with Gasteiger partial charge in [-0.1, -0.05) is 0 Å². The van der Waals surface area contributed by atoms with E-state index < -0.39 is 11.4 Å². The molecule has 182 valence electrons. The van der Waals surface area contributed by atoms with E-state index in [0.29, 0.717) is 23.6 Å². The lowest BCUT2D eigenvalue weighted by molar-refractivity contribution is -0.118. The minimum absolute atomic E-state index is 0.00456. The number of pyridine rings is 2. The lowest BCUT2D eigenvalue weighted by atomic mass is 9.92. The molecular weight excluding hydrogens is 453 g/mol. The van der Waals surface area contributed by atoms with Crippen molar-refractivity contribution in [3.05, 3.63) is 63.8 Å². The molecule has 3 aromatic rings. The number of fused-ring (bicyclic) bond motifs is 1. The van der Waals surface area contributed by atoms with Gasteiger partial charge < -0.3 is 25.0 Å². The lowest BCUT2D eigenvalue weighted by Gasteiger charge is -2.37. The largest absolute Gasteiger partial charge is 0.480 e. The summed E-state index contributed by atoms with van der Waals surface area (Å²) in [6.45, 7) is 2.37. The van der Waals surface area contributed by atoms with Gasteiger partial charge in [0.1, 0.15) is 11.4 Å². The minimum atomic E-state index is -1.45. The number of nitrogens with zero attached hydrogens (tertiary/aromatic N) is 3. The number of rotatable bonds is 5. The molecule has 1 aromatic carbocycles. The van der Waals surface area contributed by atoms with Gasteiger partial charge in [-0.3, -0.25) is 14.5 Å². The summed E-state index contributed by atoms with van der Waals surface area (Å²) in [5.74, 6) is 0.327. The molecule has 0 radical (unpaired) electrons. The van der Waals surface area contributed by atoms with E-state index in [1.54, 1.807) is 12.1 Å². The molecule has 1 amide bonds. The molecule has 3 aliphatic rings. The molecule has 1 saturated heterocycles.